The van der Waals surface area contributed by atoms with Gasteiger partial charge in [-0.2, -0.15) is 0 Å². The van der Waals surface area contributed by atoms with Crippen molar-refractivity contribution in [3.05, 3.63) is 158 Å². The summed E-state index contributed by atoms with van der Waals surface area (Å²) in [5, 5.41) is 0. The molecule has 0 aromatic carbocycles. The summed E-state index contributed by atoms with van der Waals surface area (Å²) in [6.45, 7) is 3.47. The van der Waals surface area contributed by atoms with E-state index >= 15 is 0 Å². The van der Waals surface area contributed by atoms with Crippen LogP contribution in [0.25, 0.3) is 0 Å². The maximum absolute atomic E-state index is 12.7. The maximum Gasteiger partial charge on any atom is 0.472 e. The minimum absolute atomic E-state index is 0.0395. The molecule has 0 aliphatic rings. The number of carbonyl (C=O) groups excluding carboxylic acids is 2. The first-order chi connectivity index (χ1) is 42.8. The zero-order chi connectivity index (χ0) is 63.0. The summed E-state index contributed by atoms with van der Waals surface area (Å²) in [7, 11) is -4.42. The summed E-state index contributed by atoms with van der Waals surface area (Å²) in [6, 6.07) is 0. The SMILES string of the molecule is CC/C=C\C/C=C\C/C=C\C/C=C\C/C=C\C/C=C\C/C=C\C/C=C\CCCCC(=O)OC(COC(=O)CCCCCCCCCCCCCCCCCCCCCCCCC/C=C\C/C=C\C/C=C\C/C=C\C/C=C\CC)COP(=O)(O)OCCN. The Morgan fingerprint density at radius 3 is 0.908 bits per heavy atom. The summed E-state index contributed by atoms with van der Waals surface area (Å²) in [5.41, 5.74) is 5.39. The number of nitrogens with two attached hydrogens (primary N) is 1. The number of ether oxygens (including phenoxy) is 2. The van der Waals surface area contributed by atoms with Gasteiger partial charge in [0.1, 0.15) is 6.61 Å². The average molecular weight is 1230 g/mol. The molecule has 0 saturated carbocycles. The average Bonchev–Trinajstić information content (AvgIpc) is 3.62. The monoisotopic (exact) mass is 1230 g/mol. The van der Waals surface area contributed by atoms with Crippen molar-refractivity contribution in [1.29, 1.82) is 0 Å². The third kappa shape index (κ3) is 70.6. The molecule has 10 heteroatoms. The van der Waals surface area contributed by atoms with Crippen molar-refractivity contribution < 1.29 is 37.6 Å². The predicted molar refractivity (Wildman–Crippen MR) is 376 cm³/mol. The molecule has 0 saturated heterocycles. The molecule has 0 bridgehead atoms. The Morgan fingerprint density at radius 2 is 0.598 bits per heavy atom. The molecule has 0 heterocycles. The van der Waals surface area contributed by atoms with E-state index in [0.29, 0.717) is 6.42 Å². The van der Waals surface area contributed by atoms with Crippen LogP contribution in [0.15, 0.2) is 158 Å². The standard InChI is InChI=1S/C77H128NO8P/c1-3-5-7-9-11-13-15-17-19-21-23-25-27-29-31-32-33-34-35-36-37-38-39-40-41-42-44-45-47-49-51-53-55-57-59-61-63-65-67-69-76(79)83-73-75(74-85-87(81,82)84-72-71-78)86-77(80)70-68-66-64-62-60-58-56-54-52-50-48-46-43-30-28-26-24-22-20-18-16-14-12-10-8-6-4-2/h5-8,11-14,17-20,23-26,29-31,43,48,50,54,56,60,62,75H,3-4,9-10,15-16,21-22,27-28,32-42,44-47,49,51-53,55,57-59,61,63-74,78H2,1-2H3,(H,81,82)/b7-5-,8-6-,13-11-,14-12-,19-17-,20-18-,25-23-,26-24-,31-29-,43-30-,50-48-,56-54-,62-60-. The van der Waals surface area contributed by atoms with E-state index in [-0.39, 0.29) is 32.6 Å². The Bertz CT molecular complexity index is 1980. The summed E-state index contributed by atoms with van der Waals surface area (Å²) in [4.78, 5) is 35.3. The van der Waals surface area contributed by atoms with E-state index in [1.807, 2.05) is 0 Å². The van der Waals surface area contributed by atoms with Gasteiger partial charge in [0.25, 0.3) is 0 Å². The third-order valence-electron chi connectivity index (χ3n) is 14.4. The number of hydrogen-bond donors (Lipinski definition) is 2. The van der Waals surface area contributed by atoms with Gasteiger partial charge in [-0.05, 0) is 122 Å². The predicted octanol–water partition coefficient (Wildman–Crippen LogP) is 23.2. The van der Waals surface area contributed by atoms with Crippen molar-refractivity contribution in [2.75, 3.05) is 26.4 Å². The van der Waals surface area contributed by atoms with Gasteiger partial charge in [-0.15, -0.1) is 0 Å². The first-order valence-corrected chi connectivity index (χ1v) is 36.5. The lowest BCUT2D eigenvalue weighted by molar-refractivity contribution is -0.161. The van der Waals surface area contributed by atoms with E-state index in [1.54, 1.807) is 0 Å². The molecule has 494 valence electrons. The summed E-state index contributed by atoms with van der Waals surface area (Å²) >= 11 is 0. The Morgan fingerprint density at radius 1 is 0.345 bits per heavy atom. The van der Waals surface area contributed by atoms with Gasteiger partial charge in [0.05, 0.1) is 13.2 Å². The number of unbranched alkanes of at least 4 members (excludes halogenated alkanes) is 25. The second kappa shape index (κ2) is 70.7. The van der Waals surface area contributed by atoms with Crippen LogP contribution in [0.3, 0.4) is 0 Å². The van der Waals surface area contributed by atoms with Crippen molar-refractivity contribution in [1.82, 2.24) is 0 Å². The molecule has 9 nitrogen and oxygen atoms in total. The normalized spacial score (nSPS) is 13.9. The molecule has 0 amide bonds. The maximum atomic E-state index is 12.7. The molecule has 0 fully saturated rings. The topological polar surface area (TPSA) is 134 Å². The lowest BCUT2D eigenvalue weighted by Gasteiger charge is -2.19. The van der Waals surface area contributed by atoms with E-state index in [4.69, 9.17) is 24.3 Å². The molecule has 0 aromatic rings. The third-order valence-corrected chi connectivity index (χ3v) is 15.4. The van der Waals surface area contributed by atoms with Crippen molar-refractivity contribution in [3.8, 4) is 0 Å². The van der Waals surface area contributed by atoms with E-state index in [1.165, 1.54) is 135 Å². The second-order valence-electron chi connectivity index (χ2n) is 22.6. The fourth-order valence-corrected chi connectivity index (χ4v) is 10.1. The van der Waals surface area contributed by atoms with Crippen molar-refractivity contribution >= 4 is 19.8 Å². The minimum atomic E-state index is -4.42. The number of rotatable bonds is 64. The highest BCUT2D eigenvalue weighted by atomic mass is 31.2. The van der Waals surface area contributed by atoms with E-state index in [9.17, 15) is 19.0 Å². The molecular formula is C77H128NO8P. The summed E-state index contributed by atoms with van der Waals surface area (Å²) in [5.74, 6) is -0.880. The molecule has 0 aliphatic carbocycles. The van der Waals surface area contributed by atoms with E-state index in [0.717, 1.165) is 116 Å². The summed E-state index contributed by atoms with van der Waals surface area (Å²) in [6.07, 6.45) is 103. The molecule has 0 aromatic heterocycles. The quantitative estimate of drug-likeness (QED) is 0.0264. The number of allylic oxidation sites excluding steroid dienone is 26. The van der Waals surface area contributed by atoms with E-state index < -0.39 is 32.5 Å². The number of phosphoric ester groups is 1. The van der Waals surface area contributed by atoms with Crippen LogP contribution in [-0.2, 0) is 32.7 Å². The lowest BCUT2D eigenvalue weighted by atomic mass is 10.0. The Labute approximate surface area is 534 Å². The molecule has 87 heavy (non-hydrogen) atoms. The van der Waals surface area contributed by atoms with Gasteiger partial charge in [0.15, 0.2) is 6.10 Å². The van der Waals surface area contributed by atoms with Gasteiger partial charge < -0.3 is 20.1 Å². The highest BCUT2D eigenvalue weighted by Crippen LogP contribution is 2.43. The van der Waals surface area contributed by atoms with Crippen LogP contribution in [0.2, 0.25) is 0 Å². The molecule has 0 rings (SSSR count). The van der Waals surface area contributed by atoms with Gasteiger partial charge in [-0.3, -0.25) is 18.6 Å². The number of esters is 2. The molecule has 0 spiro atoms. The molecule has 2 unspecified atom stereocenters. The Hall–Kier alpha value is -4.37. The second-order valence-corrected chi connectivity index (χ2v) is 24.1. The molecular weight excluding hydrogens is 1100 g/mol. The smallest absolute Gasteiger partial charge is 0.462 e. The molecule has 0 aliphatic heterocycles. The zero-order valence-electron chi connectivity index (χ0n) is 55.4. The first-order valence-electron chi connectivity index (χ1n) is 35.0. The number of phosphoric acid groups is 1. The van der Waals surface area contributed by atoms with Crippen LogP contribution < -0.4 is 5.73 Å². The van der Waals surface area contributed by atoms with Gasteiger partial charge >= 0.3 is 19.8 Å². The summed E-state index contributed by atoms with van der Waals surface area (Å²) < 4.78 is 33.1. The molecule has 2 atom stereocenters. The van der Waals surface area contributed by atoms with Crippen LogP contribution >= 0.6 is 7.82 Å². The van der Waals surface area contributed by atoms with Gasteiger partial charge in [0.2, 0.25) is 0 Å². The Kier molecular flexibility index (Phi) is 67.2. The van der Waals surface area contributed by atoms with Gasteiger partial charge in [-0.25, -0.2) is 4.57 Å². The fourth-order valence-electron chi connectivity index (χ4n) is 9.33. The molecule has 0 radical (unpaired) electrons. The first kappa shape index (κ1) is 82.6. The fraction of sp³-hybridized carbons (Fsp3) is 0.636. The number of hydrogen-bond acceptors (Lipinski definition) is 8. The highest BCUT2D eigenvalue weighted by molar-refractivity contribution is 7.47. The van der Waals surface area contributed by atoms with Crippen molar-refractivity contribution in [2.45, 2.75) is 290 Å². The van der Waals surface area contributed by atoms with Gasteiger partial charge in [0, 0.05) is 19.4 Å². The Balaban J connectivity index is 3.92. The highest BCUT2D eigenvalue weighted by Gasteiger charge is 2.26. The lowest BCUT2D eigenvalue weighted by Crippen LogP contribution is -2.29. The van der Waals surface area contributed by atoms with Crippen molar-refractivity contribution in [3.63, 3.8) is 0 Å². The zero-order valence-corrected chi connectivity index (χ0v) is 56.3. The largest absolute Gasteiger partial charge is 0.472 e. The van der Waals surface area contributed by atoms with Crippen LogP contribution in [-0.4, -0.2) is 49.3 Å². The van der Waals surface area contributed by atoms with Crippen LogP contribution in [0, 0.1) is 0 Å². The van der Waals surface area contributed by atoms with Crippen LogP contribution in [0.1, 0.15) is 284 Å². The van der Waals surface area contributed by atoms with Gasteiger partial charge in [-0.1, -0.05) is 307 Å². The van der Waals surface area contributed by atoms with Crippen LogP contribution in [0.4, 0.5) is 0 Å². The van der Waals surface area contributed by atoms with E-state index in [2.05, 4.69) is 172 Å². The minimum Gasteiger partial charge on any atom is -0.462 e. The number of carbonyl (C=O) groups is 2. The van der Waals surface area contributed by atoms with Crippen molar-refractivity contribution in [2.24, 2.45) is 5.73 Å². The van der Waals surface area contributed by atoms with Crippen LogP contribution in [0.5, 0.6) is 0 Å². The molecule has 3 N–H and O–H groups in total.